The van der Waals surface area contributed by atoms with Crippen LogP contribution in [0.15, 0.2) is 0 Å². The molecule has 2 aliphatic rings. The standard InChI is InChI=1S/C16H31N3OS/c1-4-7-17-8-5-15(6-9-17)18-10-12-19(13-11-18)16(20)14(2)21-3/h14-15H,4-13H2,1-3H3. The quantitative estimate of drug-likeness (QED) is 0.773. The van der Waals surface area contributed by atoms with Crippen molar-refractivity contribution in [1.82, 2.24) is 14.7 Å². The Balaban J connectivity index is 1.73. The predicted octanol–water partition coefficient (Wildman–Crippen LogP) is 1.76. The fourth-order valence-corrected chi connectivity index (χ4v) is 3.84. The molecule has 21 heavy (non-hydrogen) atoms. The average Bonchev–Trinajstić information content (AvgIpc) is 2.54. The SMILES string of the molecule is CCCN1CCC(N2CCN(C(=O)C(C)SC)CC2)CC1. The summed E-state index contributed by atoms with van der Waals surface area (Å²) in [5.41, 5.74) is 0. The molecule has 0 N–H and O–H groups in total. The average molecular weight is 314 g/mol. The predicted molar refractivity (Wildman–Crippen MR) is 90.9 cm³/mol. The third-order valence-corrected chi connectivity index (χ3v) is 5.85. The fraction of sp³-hybridized carbons (Fsp3) is 0.938. The highest BCUT2D eigenvalue weighted by Gasteiger charge is 2.29. The second kappa shape index (κ2) is 8.39. The van der Waals surface area contributed by atoms with Crippen molar-refractivity contribution in [3.63, 3.8) is 0 Å². The van der Waals surface area contributed by atoms with Gasteiger partial charge in [0, 0.05) is 32.2 Å². The van der Waals surface area contributed by atoms with Crippen LogP contribution in [0.2, 0.25) is 0 Å². The minimum Gasteiger partial charge on any atom is -0.339 e. The van der Waals surface area contributed by atoms with E-state index in [2.05, 4.69) is 21.6 Å². The van der Waals surface area contributed by atoms with E-state index in [-0.39, 0.29) is 5.25 Å². The van der Waals surface area contributed by atoms with E-state index in [1.807, 2.05) is 13.2 Å². The molecule has 0 aromatic carbocycles. The van der Waals surface area contributed by atoms with Gasteiger partial charge in [0.05, 0.1) is 5.25 Å². The van der Waals surface area contributed by atoms with Crippen LogP contribution in [0.3, 0.4) is 0 Å². The summed E-state index contributed by atoms with van der Waals surface area (Å²) in [4.78, 5) is 19.5. The maximum absolute atomic E-state index is 12.2. The van der Waals surface area contributed by atoms with Crippen LogP contribution in [0, 0.1) is 0 Å². The van der Waals surface area contributed by atoms with Gasteiger partial charge in [0.25, 0.3) is 0 Å². The van der Waals surface area contributed by atoms with E-state index in [9.17, 15) is 4.79 Å². The number of likely N-dealkylation sites (tertiary alicyclic amines) is 1. The molecule has 2 fully saturated rings. The lowest BCUT2D eigenvalue weighted by Crippen LogP contribution is -2.55. The summed E-state index contributed by atoms with van der Waals surface area (Å²) >= 11 is 1.65. The zero-order valence-electron chi connectivity index (χ0n) is 13.9. The number of hydrogen-bond acceptors (Lipinski definition) is 4. The van der Waals surface area contributed by atoms with Gasteiger partial charge in [-0.2, -0.15) is 11.8 Å². The number of carbonyl (C=O) groups excluding carboxylic acids is 1. The largest absolute Gasteiger partial charge is 0.339 e. The minimum atomic E-state index is 0.105. The van der Waals surface area contributed by atoms with E-state index < -0.39 is 0 Å². The molecular weight excluding hydrogens is 282 g/mol. The summed E-state index contributed by atoms with van der Waals surface area (Å²) in [7, 11) is 0. The maximum Gasteiger partial charge on any atom is 0.235 e. The Bertz CT molecular complexity index is 323. The molecule has 0 saturated carbocycles. The first-order chi connectivity index (χ1) is 10.2. The van der Waals surface area contributed by atoms with Gasteiger partial charge in [-0.3, -0.25) is 9.69 Å². The van der Waals surface area contributed by atoms with Gasteiger partial charge in [0.15, 0.2) is 0 Å². The number of amides is 1. The van der Waals surface area contributed by atoms with Crippen LogP contribution < -0.4 is 0 Å². The van der Waals surface area contributed by atoms with Crippen LogP contribution in [-0.4, -0.2) is 84.0 Å². The third-order valence-electron chi connectivity index (χ3n) is 4.94. The number of thioether (sulfide) groups is 1. The first kappa shape index (κ1) is 17.1. The minimum absolute atomic E-state index is 0.105. The van der Waals surface area contributed by atoms with Gasteiger partial charge < -0.3 is 9.80 Å². The fourth-order valence-electron chi connectivity index (χ4n) is 3.49. The van der Waals surface area contributed by atoms with E-state index in [1.54, 1.807) is 11.8 Å². The Morgan fingerprint density at radius 3 is 2.29 bits per heavy atom. The van der Waals surface area contributed by atoms with Crippen LogP contribution in [-0.2, 0) is 4.79 Å². The molecule has 0 aliphatic carbocycles. The summed E-state index contributed by atoms with van der Waals surface area (Å²) in [6.07, 6.45) is 5.88. The zero-order chi connectivity index (χ0) is 15.2. The topological polar surface area (TPSA) is 26.8 Å². The van der Waals surface area contributed by atoms with Gasteiger partial charge >= 0.3 is 0 Å². The Morgan fingerprint density at radius 2 is 1.76 bits per heavy atom. The Morgan fingerprint density at radius 1 is 1.14 bits per heavy atom. The Labute approximate surface area is 134 Å². The molecule has 2 rings (SSSR count). The molecule has 0 radical (unpaired) electrons. The van der Waals surface area contributed by atoms with Crippen LogP contribution in [0.25, 0.3) is 0 Å². The Hall–Kier alpha value is -0.260. The van der Waals surface area contributed by atoms with E-state index in [4.69, 9.17) is 0 Å². The normalized spacial score (nSPS) is 24.2. The molecule has 1 unspecified atom stereocenters. The molecule has 0 aromatic rings. The molecular formula is C16H31N3OS. The number of nitrogens with zero attached hydrogens (tertiary/aromatic N) is 3. The molecule has 0 spiro atoms. The van der Waals surface area contributed by atoms with Crippen molar-refractivity contribution in [2.45, 2.75) is 44.4 Å². The molecule has 5 heteroatoms. The summed E-state index contributed by atoms with van der Waals surface area (Å²) in [5.74, 6) is 0.319. The van der Waals surface area contributed by atoms with Gasteiger partial charge in [-0.1, -0.05) is 6.92 Å². The summed E-state index contributed by atoms with van der Waals surface area (Å²) in [6.45, 7) is 12.0. The van der Waals surface area contributed by atoms with Crippen molar-refractivity contribution in [3.05, 3.63) is 0 Å². The lowest BCUT2D eigenvalue weighted by molar-refractivity contribution is -0.132. The Kier molecular flexibility index (Phi) is 6.83. The van der Waals surface area contributed by atoms with Crippen LogP contribution in [0.1, 0.15) is 33.1 Å². The van der Waals surface area contributed by atoms with Crippen molar-refractivity contribution < 1.29 is 4.79 Å². The van der Waals surface area contributed by atoms with Gasteiger partial charge in [0.1, 0.15) is 0 Å². The molecule has 0 bridgehead atoms. The molecule has 4 nitrogen and oxygen atoms in total. The van der Waals surface area contributed by atoms with Gasteiger partial charge in [-0.15, -0.1) is 0 Å². The van der Waals surface area contributed by atoms with Crippen molar-refractivity contribution >= 4 is 17.7 Å². The second-order valence-electron chi connectivity index (χ2n) is 6.31. The second-order valence-corrected chi connectivity index (χ2v) is 7.49. The smallest absolute Gasteiger partial charge is 0.235 e. The van der Waals surface area contributed by atoms with Crippen LogP contribution >= 0.6 is 11.8 Å². The van der Waals surface area contributed by atoms with Gasteiger partial charge in [0.2, 0.25) is 5.91 Å². The zero-order valence-corrected chi connectivity index (χ0v) is 14.7. The number of piperidine rings is 1. The van der Waals surface area contributed by atoms with E-state index in [0.29, 0.717) is 5.91 Å². The van der Waals surface area contributed by atoms with E-state index in [0.717, 1.165) is 32.2 Å². The first-order valence-electron chi connectivity index (χ1n) is 8.43. The number of carbonyl (C=O) groups is 1. The molecule has 2 heterocycles. The van der Waals surface area contributed by atoms with Gasteiger partial charge in [-0.05, 0) is 52.1 Å². The number of rotatable bonds is 5. The molecule has 1 amide bonds. The lowest BCUT2D eigenvalue weighted by Gasteiger charge is -2.43. The molecule has 2 aliphatic heterocycles. The van der Waals surface area contributed by atoms with E-state index in [1.165, 1.54) is 38.9 Å². The summed E-state index contributed by atoms with van der Waals surface area (Å²) in [5, 5.41) is 0.105. The highest BCUT2D eigenvalue weighted by atomic mass is 32.2. The molecule has 2 saturated heterocycles. The van der Waals surface area contributed by atoms with Crippen LogP contribution in [0.5, 0.6) is 0 Å². The number of hydrogen-bond donors (Lipinski definition) is 0. The van der Waals surface area contributed by atoms with E-state index >= 15 is 0 Å². The first-order valence-corrected chi connectivity index (χ1v) is 9.72. The maximum atomic E-state index is 12.2. The van der Waals surface area contributed by atoms with Crippen molar-refractivity contribution in [2.75, 3.05) is 52.1 Å². The van der Waals surface area contributed by atoms with Crippen molar-refractivity contribution in [1.29, 1.82) is 0 Å². The summed E-state index contributed by atoms with van der Waals surface area (Å²) < 4.78 is 0. The monoisotopic (exact) mass is 313 g/mol. The van der Waals surface area contributed by atoms with Gasteiger partial charge in [-0.25, -0.2) is 0 Å². The molecule has 1 atom stereocenters. The third kappa shape index (κ3) is 4.60. The highest BCUT2D eigenvalue weighted by molar-refractivity contribution is 7.99. The highest BCUT2D eigenvalue weighted by Crippen LogP contribution is 2.19. The number of piperazine rings is 1. The van der Waals surface area contributed by atoms with Crippen molar-refractivity contribution in [2.24, 2.45) is 0 Å². The van der Waals surface area contributed by atoms with Crippen molar-refractivity contribution in [3.8, 4) is 0 Å². The lowest BCUT2D eigenvalue weighted by atomic mass is 10.0. The molecule has 122 valence electrons. The summed E-state index contributed by atoms with van der Waals surface area (Å²) in [6, 6.07) is 0.744. The van der Waals surface area contributed by atoms with Crippen LogP contribution in [0.4, 0.5) is 0 Å². The molecule has 0 aromatic heterocycles.